The van der Waals surface area contributed by atoms with E-state index in [0.29, 0.717) is 12.2 Å². The van der Waals surface area contributed by atoms with Crippen LogP contribution in [-0.4, -0.2) is 18.4 Å². The lowest BCUT2D eigenvalue weighted by atomic mass is 9.97. The summed E-state index contributed by atoms with van der Waals surface area (Å²) in [7, 11) is 0. The van der Waals surface area contributed by atoms with E-state index in [1.165, 1.54) is 11.1 Å². The van der Waals surface area contributed by atoms with Crippen LogP contribution in [0.5, 0.6) is 0 Å². The largest absolute Gasteiger partial charge is 0.465 e. The number of hydrogen-bond acceptors (Lipinski definition) is 3. The van der Waals surface area contributed by atoms with Gasteiger partial charge in [0.1, 0.15) is 6.42 Å². The van der Waals surface area contributed by atoms with E-state index in [4.69, 9.17) is 4.74 Å². The summed E-state index contributed by atoms with van der Waals surface area (Å²) in [5.41, 5.74) is 3.03. The first kappa shape index (κ1) is 15.4. The lowest BCUT2D eigenvalue weighted by molar-refractivity contribution is -0.142. The van der Waals surface area contributed by atoms with Crippen molar-refractivity contribution in [2.45, 2.75) is 46.5 Å². The Bertz CT molecular complexity index is 449. The van der Waals surface area contributed by atoms with E-state index in [0.717, 1.165) is 19.3 Å². The van der Waals surface area contributed by atoms with Gasteiger partial charge in [0.15, 0.2) is 5.78 Å². The highest BCUT2D eigenvalue weighted by Crippen LogP contribution is 2.15. The molecule has 0 aromatic heterocycles. The molecule has 0 atom stereocenters. The van der Waals surface area contributed by atoms with Crippen molar-refractivity contribution in [1.82, 2.24) is 0 Å². The van der Waals surface area contributed by atoms with E-state index < -0.39 is 5.97 Å². The van der Waals surface area contributed by atoms with Crippen molar-refractivity contribution in [3.05, 3.63) is 34.9 Å². The fourth-order valence-corrected chi connectivity index (χ4v) is 1.97. The molecule has 19 heavy (non-hydrogen) atoms. The second-order valence-electron chi connectivity index (χ2n) is 4.51. The molecule has 1 rings (SSSR count). The maximum absolute atomic E-state index is 12.0. The van der Waals surface area contributed by atoms with Crippen LogP contribution in [0.4, 0.5) is 0 Å². The third-order valence-electron chi connectivity index (χ3n) is 3.06. The van der Waals surface area contributed by atoms with E-state index in [9.17, 15) is 9.59 Å². The van der Waals surface area contributed by atoms with Crippen LogP contribution in [-0.2, 0) is 22.4 Å². The number of rotatable bonds is 7. The zero-order valence-corrected chi connectivity index (χ0v) is 12.0. The van der Waals surface area contributed by atoms with Gasteiger partial charge in [-0.1, -0.05) is 32.9 Å². The summed E-state index contributed by atoms with van der Waals surface area (Å²) in [4.78, 5) is 23.4. The monoisotopic (exact) mass is 262 g/mol. The van der Waals surface area contributed by atoms with Crippen LogP contribution in [0, 0.1) is 0 Å². The third kappa shape index (κ3) is 4.51. The molecule has 0 saturated carbocycles. The van der Waals surface area contributed by atoms with Gasteiger partial charge in [-0.15, -0.1) is 0 Å². The Morgan fingerprint density at radius 1 is 1.05 bits per heavy atom. The predicted molar refractivity (Wildman–Crippen MR) is 75.4 cm³/mol. The Hall–Kier alpha value is -1.64. The smallest absolute Gasteiger partial charge is 0.313 e. The molecule has 0 unspecified atom stereocenters. The van der Waals surface area contributed by atoms with E-state index >= 15 is 0 Å². The number of carbonyl (C=O) groups is 2. The quantitative estimate of drug-likeness (QED) is 0.430. The van der Waals surface area contributed by atoms with E-state index in [2.05, 4.69) is 13.8 Å². The van der Waals surface area contributed by atoms with Crippen LogP contribution in [0.15, 0.2) is 18.2 Å². The second-order valence-corrected chi connectivity index (χ2v) is 4.51. The molecule has 0 spiro atoms. The highest BCUT2D eigenvalue weighted by Gasteiger charge is 2.14. The van der Waals surface area contributed by atoms with Crippen LogP contribution in [0.3, 0.4) is 0 Å². The standard InChI is InChI=1S/C16H22O3/c1-4-9-19-16(18)11-15(17)14-8-7-12(5-2)13(6-3)10-14/h7-8,10H,4-6,9,11H2,1-3H3. The molecule has 3 nitrogen and oxygen atoms in total. The molecule has 0 aliphatic heterocycles. The lowest BCUT2D eigenvalue weighted by Gasteiger charge is -2.08. The Kier molecular flexibility index (Phi) is 6.26. The van der Waals surface area contributed by atoms with E-state index in [1.54, 1.807) is 6.07 Å². The Morgan fingerprint density at radius 3 is 2.32 bits per heavy atom. The van der Waals surface area contributed by atoms with Crippen molar-refractivity contribution >= 4 is 11.8 Å². The molecule has 1 aromatic rings. The van der Waals surface area contributed by atoms with Crippen LogP contribution in [0.25, 0.3) is 0 Å². The lowest BCUT2D eigenvalue weighted by Crippen LogP contribution is -2.12. The molecule has 0 amide bonds. The summed E-state index contributed by atoms with van der Waals surface area (Å²) in [6.07, 6.45) is 2.44. The Balaban J connectivity index is 2.74. The van der Waals surface area contributed by atoms with Crippen molar-refractivity contribution < 1.29 is 14.3 Å². The van der Waals surface area contributed by atoms with Gasteiger partial charge in [-0.3, -0.25) is 9.59 Å². The van der Waals surface area contributed by atoms with Crippen molar-refractivity contribution in [2.75, 3.05) is 6.61 Å². The van der Waals surface area contributed by atoms with Gasteiger partial charge in [0.05, 0.1) is 6.61 Å². The highest BCUT2D eigenvalue weighted by atomic mass is 16.5. The summed E-state index contributed by atoms with van der Waals surface area (Å²) in [6, 6.07) is 5.67. The number of ketones is 1. The molecule has 0 bridgehead atoms. The van der Waals surface area contributed by atoms with Crippen molar-refractivity contribution in [3.8, 4) is 0 Å². The zero-order chi connectivity index (χ0) is 14.3. The number of carbonyl (C=O) groups excluding carboxylic acids is 2. The topological polar surface area (TPSA) is 43.4 Å². The summed E-state index contributed by atoms with van der Waals surface area (Å²) in [5.74, 6) is -0.608. The van der Waals surface area contributed by atoms with Crippen LogP contribution in [0.2, 0.25) is 0 Å². The fourth-order valence-electron chi connectivity index (χ4n) is 1.97. The molecule has 3 heteroatoms. The maximum atomic E-state index is 12.0. The third-order valence-corrected chi connectivity index (χ3v) is 3.06. The number of Topliss-reactive ketones (excluding diaryl/α,β-unsaturated/α-hetero) is 1. The van der Waals surface area contributed by atoms with Crippen LogP contribution >= 0.6 is 0 Å². The molecular formula is C16H22O3. The first-order valence-electron chi connectivity index (χ1n) is 6.92. The SMILES string of the molecule is CCCOC(=O)CC(=O)c1ccc(CC)c(CC)c1. The van der Waals surface area contributed by atoms with Crippen LogP contribution in [0.1, 0.15) is 55.1 Å². The molecule has 0 saturated heterocycles. The Labute approximate surface area is 115 Å². The molecule has 0 fully saturated rings. The summed E-state index contributed by atoms with van der Waals surface area (Å²) < 4.78 is 4.93. The van der Waals surface area contributed by atoms with Gasteiger partial charge in [-0.05, 0) is 36.5 Å². The predicted octanol–water partition coefficient (Wildman–Crippen LogP) is 3.34. The number of hydrogen-bond donors (Lipinski definition) is 0. The molecule has 0 heterocycles. The van der Waals surface area contributed by atoms with Gasteiger partial charge in [0.2, 0.25) is 0 Å². The molecule has 104 valence electrons. The minimum absolute atomic E-state index is 0.168. The molecule has 0 aliphatic carbocycles. The maximum Gasteiger partial charge on any atom is 0.313 e. The van der Waals surface area contributed by atoms with Gasteiger partial charge >= 0.3 is 5.97 Å². The fraction of sp³-hybridized carbons (Fsp3) is 0.500. The summed E-state index contributed by atoms with van der Waals surface area (Å²) in [6.45, 7) is 6.46. The summed E-state index contributed by atoms with van der Waals surface area (Å²) in [5, 5.41) is 0. The first-order valence-corrected chi connectivity index (χ1v) is 6.92. The second kappa shape index (κ2) is 7.72. The van der Waals surface area contributed by atoms with Crippen molar-refractivity contribution in [2.24, 2.45) is 0 Å². The van der Waals surface area contributed by atoms with Crippen molar-refractivity contribution in [1.29, 1.82) is 0 Å². The molecule has 0 radical (unpaired) electrons. The highest BCUT2D eigenvalue weighted by molar-refractivity contribution is 6.06. The number of benzene rings is 1. The normalized spacial score (nSPS) is 10.3. The molecular weight excluding hydrogens is 240 g/mol. The number of esters is 1. The number of aryl methyl sites for hydroxylation is 2. The van der Waals surface area contributed by atoms with E-state index in [1.807, 2.05) is 19.1 Å². The van der Waals surface area contributed by atoms with E-state index in [-0.39, 0.29) is 12.2 Å². The van der Waals surface area contributed by atoms with Gasteiger partial charge in [-0.2, -0.15) is 0 Å². The minimum Gasteiger partial charge on any atom is -0.465 e. The van der Waals surface area contributed by atoms with Gasteiger partial charge in [0, 0.05) is 5.56 Å². The first-order chi connectivity index (χ1) is 9.12. The average molecular weight is 262 g/mol. The minimum atomic E-state index is -0.440. The molecule has 0 N–H and O–H groups in total. The average Bonchev–Trinajstić information content (AvgIpc) is 2.44. The Morgan fingerprint density at radius 2 is 1.74 bits per heavy atom. The number of ether oxygens (including phenoxy) is 1. The van der Waals surface area contributed by atoms with Gasteiger partial charge in [0.25, 0.3) is 0 Å². The summed E-state index contributed by atoms with van der Waals surface area (Å²) >= 11 is 0. The van der Waals surface area contributed by atoms with Crippen LogP contribution < -0.4 is 0 Å². The van der Waals surface area contributed by atoms with Gasteiger partial charge < -0.3 is 4.74 Å². The molecule has 0 aliphatic rings. The van der Waals surface area contributed by atoms with Gasteiger partial charge in [-0.25, -0.2) is 0 Å². The van der Waals surface area contributed by atoms with Crippen molar-refractivity contribution in [3.63, 3.8) is 0 Å². The zero-order valence-electron chi connectivity index (χ0n) is 12.0. The molecule has 1 aromatic carbocycles.